The predicted molar refractivity (Wildman–Crippen MR) is 49.2 cm³/mol. The maximum absolute atomic E-state index is 5.40. The molecule has 0 saturated heterocycles. The van der Waals surface area contributed by atoms with Gasteiger partial charge in [-0.25, -0.2) is 0 Å². The minimum absolute atomic E-state index is 0.276. The van der Waals surface area contributed by atoms with Gasteiger partial charge in [-0.3, -0.25) is 4.99 Å². The molecule has 0 spiro atoms. The smallest absolute Gasteiger partial charge is 0.0859 e. The summed E-state index contributed by atoms with van der Waals surface area (Å²) in [5.74, 6) is 0. The van der Waals surface area contributed by atoms with Gasteiger partial charge in [0.05, 0.1) is 6.67 Å². The zero-order valence-electron chi connectivity index (χ0n) is 6.46. The van der Waals surface area contributed by atoms with Crippen LogP contribution in [0.25, 0.3) is 0 Å². The third-order valence-corrected chi connectivity index (χ3v) is 1.06. The van der Waals surface area contributed by atoms with Crippen LogP contribution in [0, 0.1) is 0 Å². The molecular formula is C8H13N3. The van der Waals surface area contributed by atoms with E-state index in [1.54, 1.807) is 18.4 Å². The molecule has 0 bridgehead atoms. The lowest BCUT2D eigenvalue weighted by atomic mass is 10.2. The number of allylic oxidation sites excluding steroid dienone is 2. The topological polar surface area (TPSA) is 64.4 Å². The van der Waals surface area contributed by atoms with Crippen molar-refractivity contribution in [1.29, 1.82) is 0 Å². The van der Waals surface area contributed by atoms with Gasteiger partial charge in [0.25, 0.3) is 0 Å². The largest absolute Gasteiger partial charge is 0.399 e. The second kappa shape index (κ2) is 5.44. The summed E-state index contributed by atoms with van der Waals surface area (Å²) in [5, 5.41) is 0. The van der Waals surface area contributed by atoms with Crippen LogP contribution in [0.3, 0.4) is 0 Å². The van der Waals surface area contributed by atoms with Crippen molar-refractivity contribution in [3.8, 4) is 0 Å². The molecule has 60 valence electrons. The van der Waals surface area contributed by atoms with E-state index in [0.717, 1.165) is 5.57 Å². The van der Waals surface area contributed by atoms with E-state index in [1.807, 2.05) is 0 Å². The first-order valence-corrected chi connectivity index (χ1v) is 3.19. The first-order valence-electron chi connectivity index (χ1n) is 3.19. The van der Waals surface area contributed by atoms with Gasteiger partial charge in [-0.15, -0.1) is 0 Å². The third kappa shape index (κ3) is 4.11. The number of nitrogens with zero attached hydrogens (tertiary/aromatic N) is 1. The summed E-state index contributed by atoms with van der Waals surface area (Å²) in [7, 11) is 0. The van der Waals surface area contributed by atoms with Crippen LogP contribution in [-0.2, 0) is 0 Å². The first kappa shape index (κ1) is 9.65. The molecule has 0 radical (unpaired) electrons. The summed E-state index contributed by atoms with van der Waals surface area (Å²) in [6.45, 7) is 7.39. The van der Waals surface area contributed by atoms with Crippen molar-refractivity contribution in [2.75, 3.05) is 6.67 Å². The maximum Gasteiger partial charge on any atom is 0.0859 e. The summed E-state index contributed by atoms with van der Waals surface area (Å²) < 4.78 is 0. The highest BCUT2D eigenvalue weighted by Gasteiger charge is 1.88. The summed E-state index contributed by atoms with van der Waals surface area (Å²) in [4.78, 5) is 3.77. The zero-order chi connectivity index (χ0) is 8.69. The number of hydrogen-bond donors (Lipinski definition) is 2. The van der Waals surface area contributed by atoms with E-state index < -0.39 is 0 Å². The molecule has 0 rings (SSSR count). The Bertz CT molecular complexity index is 201. The quantitative estimate of drug-likeness (QED) is 0.455. The van der Waals surface area contributed by atoms with Crippen LogP contribution in [0.2, 0.25) is 0 Å². The summed E-state index contributed by atoms with van der Waals surface area (Å²) in [5.41, 5.74) is 11.8. The number of nitrogens with two attached hydrogens (primary N) is 2. The lowest BCUT2D eigenvalue weighted by Crippen LogP contribution is -1.97. The zero-order valence-corrected chi connectivity index (χ0v) is 6.46. The molecule has 0 aliphatic carbocycles. The highest BCUT2D eigenvalue weighted by atomic mass is 14.8. The Morgan fingerprint density at radius 1 is 1.55 bits per heavy atom. The SMILES string of the molecule is C=C/C(=C\C=N/CN)C(=C)N. The van der Waals surface area contributed by atoms with Gasteiger partial charge in [0.2, 0.25) is 0 Å². The molecule has 0 aromatic heterocycles. The Balaban J connectivity index is 4.24. The monoisotopic (exact) mass is 151 g/mol. The lowest BCUT2D eigenvalue weighted by Gasteiger charge is -1.95. The first-order chi connectivity index (χ1) is 5.22. The van der Waals surface area contributed by atoms with Gasteiger partial charge in [-0.05, 0) is 11.6 Å². The Morgan fingerprint density at radius 3 is 2.55 bits per heavy atom. The second-order valence-electron chi connectivity index (χ2n) is 1.87. The molecule has 0 saturated carbocycles. The van der Waals surface area contributed by atoms with Crippen molar-refractivity contribution < 1.29 is 0 Å². The molecule has 4 N–H and O–H groups in total. The molecule has 0 atom stereocenters. The van der Waals surface area contributed by atoms with Gasteiger partial charge in [-0.1, -0.05) is 19.2 Å². The van der Waals surface area contributed by atoms with Gasteiger partial charge in [-0.2, -0.15) is 0 Å². The third-order valence-electron chi connectivity index (χ3n) is 1.06. The lowest BCUT2D eigenvalue weighted by molar-refractivity contribution is 1.08. The minimum Gasteiger partial charge on any atom is -0.399 e. The van der Waals surface area contributed by atoms with Gasteiger partial charge < -0.3 is 11.5 Å². The van der Waals surface area contributed by atoms with Gasteiger partial charge in [0.15, 0.2) is 0 Å². The van der Waals surface area contributed by atoms with Crippen molar-refractivity contribution >= 4 is 6.21 Å². The fourth-order valence-electron chi connectivity index (χ4n) is 0.500. The minimum atomic E-state index is 0.276. The van der Waals surface area contributed by atoms with Crippen LogP contribution in [0.1, 0.15) is 0 Å². The molecule has 0 amide bonds. The highest BCUT2D eigenvalue weighted by molar-refractivity contribution is 5.74. The number of rotatable bonds is 4. The van der Waals surface area contributed by atoms with Crippen LogP contribution in [0.4, 0.5) is 0 Å². The fourth-order valence-corrected chi connectivity index (χ4v) is 0.500. The Morgan fingerprint density at radius 2 is 2.18 bits per heavy atom. The van der Waals surface area contributed by atoms with Crippen LogP contribution in [0.5, 0.6) is 0 Å². The number of hydrogen-bond acceptors (Lipinski definition) is 3. The van der Waals surface area contributed by atoms with E-state index >= 15 is 0 Å². The molecule has 0 unspecified atom stereocenters. The van der Waals surface area contributed by atoms with E-state index in [2.05, 4.69) is 18.2 Å². The van der Waals surface area contributed by atoms with Crippen molar-refractivity contribution in [2.45, 2.75) is 0 Å². The molecule has 0 aliphatic rings. The van der Waals surface area contributed by atoms with Crippen LogP contribution >= 0.6 is 0 Å². The summed E-state index contributed by atoms with van der Waals surface area (Å²) in [6.07, 6.45) is 4.90. The standard InChI is InChI=1S/C8H13N3/c1-3-8(7(2)10)4-5-11-6-9/h3-5H,1-2,6,9-10H2/b8-4+,11-5-. The van der Waals surface area contributed by atoms with Crippen molar-refractivity contribution in [3.63, 3.8) is 0 Å². The molecule has 11 heavy (non-hydrogen) atoms. The molecule has 0 aromatic rings. The van der Waals surface area contributed by atoms with Crippen LogP contribution in [-0.4, -0.2) is 12.9 Å². The maximum atomic E-state index is 5.40. The predicted octanol–water partition coefficient (Wildman–Crippen LogP) is 0.558. The van der Waals surface area contributed by atoms with Crippen molar-refractivity contribution in [2.24, 2.45) is 16.5 Å². The van der Waals surface area contributed by atoms with Gasteiger partial charge in [0, 0.05) is 11.9 Å². The molecule has 0 aromatic carbocycles. The molecular weight excluding hydrogens is 138 g/mol. The fraction of sp³-hybridized carbons (Fsp3) is 0.125. The average molecular weight is 151 g/mol. The highest BCUT2D eigenvalue weighted by Crippen LogP contribution is 1.99. The van der Waals surface area contributed by atoms with E-state index in [1.165, 1.54) is 0 Å². The summed E-state index contributed by atoms with van der Waals surface area (Å²) in [6, 6.07) is 0. The molecule has 0 heterocycles. The number of aliphatic imine (C=N–C) groups is 1. The van der Waals surface area contributed by atoms with E-state index in [-0.39, 0.29) is 6.67 Å². The van der Waals surface area contributed by atoms with Gasteiger partial charge >= 0.3 is 0 Å². The van der Waals surface area contributed by atoms with Crippen LogP contribution in [0.15, 0.2) is 41.6 Å². The van der Waals surface area contributed by atoms with Crippen LogP contribution < -0.4 is 11.5 Å². The van der Waals surface area contributed by atoms with Crippen molar-refractivity contribution in [1.82, 2.24) is 0 Å². The molecule has 0 aliphatic heterocycles. The average Bonchev–Trinajstić information content (AvgIpc) is 1.97. The van der Waals surface area contributed by atoms with Gasteiger partial charge in [0.1, 0.15) is 0 Å². The summed E-state index contributed by atoms with van der Waals surface area (Å²) >= 11 is 0. The molecule has 0 fully saturated rings. The van der Waals surface area contributed by atoms with E-state index in [0.29, 0.717) is 5.70 Å². The molecule has 3 nitrogen and oxygen atoms in total. The Hall–Kier alpha value is -1.35. The molecule has 3 heteroatoms. The van der Waals surface area contributed by atoms with E-state index in [9.17, 15) is 0 Å². The Kier molecular flexibility index (Phi) is 4.77. The normalized spacial score (nSPS) is 11.9. The second-order valence-corrected chi connectivity index (χ2v) is 1.87. The van der Waals surface area contributed by atoms with E-state index in [4.69, 9.17) is 11.5 Å². The Labute approximate surface area is 66.8 Å². The van der Waals surface area contributed by atoms with Crippen molar-refractivity contribution in [3.05, 3.63) is 36.6 Å².